The quantitative estimate of drug-likeness (QED) is 0.856. The number of likely N-dealkylation sites (tertiary alicyclic amines) is 1. The Labute approximate surface area is 134 Å². The van der Waals surface area contributed by atoms with Crippen LogP contribution in [0.3, 0.4) is 0 Å². The van der Waals surface area contributed by atoms with Crippen molar-refractivity contribution in [2.75, 3.05) is 13.1 Å². The molecule has 1 aliphatic carbocycles. The van der Waals surface area contributed by atoms with Gasteiger partial charge in [-0.1, -0.05) is 0 Å². The molecule has 0 spiro atoms. The molecule has 1 amide bonds. The average molecular weight is 316 g/mol. The first kappa shape index (κ1) is 13.9. The van der Waals surface area contributed by atoms with E-state index < -0.39 is 0 Å². The summed E-state index contributed by atoms with van der Waals surface area (Å²) in [6.45, 7) is 1.59. The molecule has 1 atom stereocenters. The largest absolute Gasteiger partial charge is 0.336 e. The van der Waals surface area contributed by atoms with Gasteiger partial charge in [-0.25, -0.2) is 9.67 Å². The molecular formula is C16H20N4OS. The molecule has 2 aromatic heterocycles. The highest BCUT2D eigenvalue weighted by Crippen LogP contribution is 2.31. The summed E-state index contributed by atoms with van der Waals surface area (Å²) in [5, 5.41) is 4.23. The Morgan fingerprint density at radius 1 is 1.27 bits per heavy atom. The molecule has 6 heteroatoms. The number of nitrogens with zero attached hydrogens (tertiary/aromatic N) is 4. The summed E-state index contributed by atoms with van der Waals surface area (Å²) >= 11 is 1.71. The maximum absolute atomic E-state index is 12.8. The summed E-state index contributed by atoms with van der Waals surface area (Å²) in [6, 6.07) is 2.40. The second-order valence-corrected chi connectivity index (χ2v) is 7.33. The van der Waals surface area contributed by atoms with Crippen molar-refractivity contribution in [1.29, 1.82) is 0 Å². The number of fused-ring (bicyclic) bond motifs is 1. The van der Waals surface area contributed by atoms with Crippen molar-refractivity contribution < 1.29 is 4.79 Å². The zero-order valence-electron chi connectivity index (χ0n) is 12.6. The molecule has 2 aliphatic rings. The van der Waals surface area contributed by atoms with Gasteiger partial charge in [-0.3, -0.25) is 4.79 Å². The summed E-state index contributed by atoms with van der Waals surface area (Å²) in [7, 11) is 0. The van der Waals surface area contributed by atoms with Crippen LogP contribution in [0.15, 0.2) is 18.7 Å². The molecular weight excluding hydrogens is 296 g/mol. The lowest BCUT2D eigenvalue weighted by molar-refractivity contribution is 0.0677. The van der Waals surface area contributed by atoms with Crippen LogP contribution in [0.1, 0.15) is 51.8 Å². The molecule has 0 bridgehead atoms. The Bertz CT molecular complexity index is 640. The number of hydrogen-bond donors (Lipinski definition) is 0. The molecule has 1 fully saturated rings. The zero-order chi connectivity index (χ0) is 14.9. The van der Waals surface area contributed by atoms with Crippen molar-refractivity contribution in [1.82, 2.24) is 19.7 Å². The Balaban J connectivity index is 1.51. The fraction of sp³-hybridized carbons (Fsp3) is 0.562. The van der Waals surface area contributed by atoms with Gasteiger partial charge < -0.3 is 4.90 Å². The van der Waals surface area contributed by atoms with Crippen molar-refractivity contribution in [2.45, 2.75) is 44.6 Å². The van der Waals surface area contributed by atoms with E-state index in [1.165, 1.54) is 23.3 Å². The number of amides is 1. The highest BCUT2D eigenvalue weighted by Gasteiger charge is 2.27. The minimum atomic E-state index is 0.198. The summed E-state index contributed by atoms with van der Waals surface area (Å²) < 4.78 is 1.89. The fourth-order valence-electron chi connectivity index (χ4n) is 3.51. The normalized spacial score (nSPS) is 21.6. The Hall–Kier alpha value is -1.69. The van der Waals surface area contributed by atoms with E-state index in [0.717, 1.165) is 43.6 Å². The number of piperidine rings is 1. The van der Waals surface area contributed by atoms with Crippen molar-refractivity contribution in [3.63, 3.8) is 0 Å². The third kappa shape index (κ3) is 2.56. The van der Waals surface area contributed by atoms with Gasteiger partial charge >= 0.3 is 0 Å². The molecule has 0 radical (unpaired) electrons. The second kappa shape index (κ2) is 5.83. The van der Waals surface area contributed by atoms with Gasteiger partial charge in [-0.15, -0.1) is 11.3 Å². The van der Waals surface area contributed by atoms with E-state index in [-0.39, 0.29) is 11.9 Å². The lowest BCUT2D eigenvalue weighted by atomic mass is 9.99. The zero-order valence-corrected chi connectivity index (χ0v) is 13.4. The number of rotatable bonds is 2. The molecule has 5 nitrogen and oxygen atoms in total. The van der Waals surface area contributed by atoms with Crippen LogP contribution in [0.5, 0.6) is 0 Å². The molecule has 22 heavy (non-hydrogen) atoms. The van der Waals surface area contributed by atoms with Crippen LogP contribution in [0, 0.1) is 0 Å². The monoisotopic (exact) mass is 316 g/mol. The second-order valence-electron chi connectivity index (χ2n) is 6.19. The molecule has 1 aliphatic heterocycles. The van der Waals surface area contributed by atoms with Gasteiger partial charge in [0.05, 0.1) is 10.9 Å². The molecule has 116 valence electrons. The molecule has 2 aromatic rings. The topological polar surface area (TPSA) is 51.0 Å². The lowest BCUT2D eigenvalue weighted by Gasteiger charge is -2.32. The van der Waals surface area contributed by atoms with Crippen LogP contribution < -0.4 is 0 Å². The minimum Gasteiger partial charge on any atom is -0.336 e. The van der Waals surface area contributed by atoms with E-state index in [4.69, 9.17) is 0 Å². The summed E-state index contributed by atoms with van der Waals surface area (Å²) in [6.07, 6.45) is 10.2. The Kier molecular flexibility index (Phi) is 3.70. The van der Waals surface area contributed by atoms with E-state index in [1.807, 2.05) is 9.58 Å². The maximum Gasteiger partial charge on any atom is 0.264 e. The van der Waals surface area contributed by atoms with Crippen molar-refractivity contribution in [3.8, 4) is 0 Å². The molecule has 1 saturated heterocycles. The van der Waals surface area contributed by atoms with Crippen molar-refractivity contribution in [2.24, 2.45) is 0 Å². The summed E-state index contributed by atoms with van der Waals surface area (Å²) in [4.78, 5) is 21.2. The van der Waals surface area contributed by atoms with Crippen molar-refractivity contribution >= 4 is 17.2 Å². The van der Waals surface area contributed by atoms with Gasteiger partial charge in [-0.05, 0) is 50.2 Å². The van der Waals surface area contributed by atoms with Gasteiger partial charge in [0.1, 0.15) is 12.7 Å². The van der Waals surface area contributed by atoms with E-state index in [2.05, 4.69) is 16.1 Å². The standard InChI is InChI=1S/C16H20N4OS/c21-16(15-8-12-4-1-2-6-14(12)22-15)19-7-3-5-13(9-19)20-11-17-10-18-20/h8,10-11,13H,1-7,9H2. The number of carbonyl (C=O) groups excluding carboxylic acids is 1. The van der Waals surface area contributed by atoms with Crippen LogP contribution in [-0.2, 0) is 12.8 Å². The van der Waals surface area contributed by atoms with Gasteiger partial charge in [0, 0.05) is 18.0 Å². The van der Waals surface area contributed by atoms with Gasteiger partial charge in [0.25, 0.3) is 5.91 Å². The average Bonchev–Trinajstić information content (AvgIpc) is 3.23. The lowest BCUT2D eigenvalue weighted by Crippen LogP contribution is -2.40. The molecule has 3 heterocycles. The molecule has 4 rings (SSSR count). The van der Waals surface area contributed by atoms with Crippen LogP contribution in [-0.4, -0.2) is 38.7 Å². The third-order valence-corrected chi connectivity index (χ3v) is 5.93. The number of thiophene rings is 1. The smallest absolute Gasteiger partial charge is 0.264 e. The SMILES string of the molecule is O=C(c1cc2c(s1)CCCC2)N1CCCC(n2cncn2)C1. The van der Waals surface area contributed by atoms with E-state index >= 15 is 0 Å². The number of hydrogen-bond acceptors (Lipinski definition) is 4. The first-order valence-corrected chi connectivity index (χ1v) is 8.88. The van der Waals surface area contributed by atoms with E-state index in [1.54, 1.807) is 24.0 Å². The predicted octanol–water partition coefficient (Wildman–Crippen LogP) is 2.70. The van der Waals surface area contributed by atoms with Gasteiger partial charge in [0.2, 0.25) is 0 Å². The van der Waals surface area contributed by atoms with Crippen molar-refractivity contribution in [3.05, 3.63) is 34.0 Å². The Morgan fingerprint density at radius 2 is 2.18 bits per heavy atom. The number of aryl methyl sites for hydroxylation is 2. The van der Waals surface area contributed by atoms with E-state index in [0.29, 0.717) is 0 Å². The molecule has 0 saturated carbocycles. The minimum absolute atomic E-state index is 0.198. The summed E-state index contributed by atoms with van der Waals surface area (Å²) in [5.74, 6) is 0.198. The summed E-state index contributed by atoms with van der Waals surface area (Å²) in [5.41, 5.74) is 1.41. The first-order valence-electron chi connectivity index (χ1n) is 8.06. The molecule has 1 unspecified atom stereocenters. The molecule has 0 aromatic carbocycles. The fourth-order valence-corrected chi connectivity index (χ4v) is 4.73. The highest BCUT2D eigenvalue weighted by atomic mass is 32.1. The van der Waals surface area contributed by atoms with Crippen LogP contribution >= 0.6 is 11.3 Å². The molecule has 0 N–H and O–H groups in total. The third-order valence-electron chi connectivity index (χ3n) is 4.70. The highest BCUT2D eigenvalue weighted by molar-refractivity contribution is 7.14. The number of carbonyl (C=O) groups is 1. The predicted molar refractivity (Wildman–Crippen MR) is 85.2 cm³/mol. The van der Waals surface area contributed by atoms with Gasteiger partial charge in [-0.2, -0.15) is 5.10 Å². The van der Waals surface area contributed by atoms with Crippen LogP contribution in [0.4, 0.5) is 0 Å². The Morgan fingerprint density at radius 3 is 3.00 bits per heavy atom. The maximum atomic E-state index is 12.8. The first-order chi connectivity index (χ1) is 10.8. The van der Waals surface area contributed by atoms with Gasteiger partial charge in [0.15, 0.2) is 0 Å². The van der Waals surface area contributed by atoms with Crippen LogP contribution in [0.2, 0.25) is 0 Å². The van der Waals surface area contributed by atoms with Crippen LogP contribution in [0.25, 0.3) is 0 Å². The van der Waals surface area contributed by atoms with E-state index in [9.17, 15) is 4.79 Å². The number of aromatic nitrogens is 3.